The zero-order valence-corrected chi connectivity index (χ0v) is 10.8. The van der Waals surface area contributed by atoms with Crippen molar-refractivity contribution in [2.75, 3.05) is 7.05 Å². The number of rotatable bonds is 3. The van der Waals surface area contributed by atoms with Gasteiger partial charge in [0.25, 0.3) is 5.91 Å². The second kappa shape index (κ2) is 5.10. The lowest BCUT2D eigenvalue weighted by atomic mass is 9.93. The Morgan fingerprint density at radius 3 is 2.48 bits per heavy atom. The molecule has 1 aromatic carbocycles. The Hall–Kier alpha value is -1.96. The van der Waals surface area contributed by atoms with Gasteiger partial charge in [0.1, 0.15) is 6.10 Å². The van der Waals surface area contributed by atoms with E-state index < -0.39 is 35.8 Å². The van der Waals surface area contributed by atoms with E-state index in [0.717, 1.165) is 17.0 Å². The highest BCUT2D eigenvalue weighted by molar-refractivity contribution is 6.09. The molecule has 114 valence electrons. The average molecular weight is 305 g/mol. The third kappa shape index (κ3) is 2.51. The highest BCUT2D eigenvalue weighted by Crippen LogP contribution is 2.37. The third-order valence-electron chi connectivity index (χ3n) is 3.36. The molecule has 1 aliphatic heterocycles. The van der Waals surface area contributed by atoms with Crippen LogP contribution in [0.4, 0.5) is 17.6 Å². The molecule has 1 aromatic rings. The second-order valence-electron chi connectivity index (χ2n) is 4.73. The molecule has 0 bridgehead atoms. The lowest BCUT2D eigenvalue weighted by molar-refractivity contribution is -0.193. The molecule has 4 nitrogen and oxygen atoms in total. The molecular formula is C13H11F4NO3. The first-order valence-electron chi connectivity index (χ1n) is 5.94. The van der Waals surface area contributed by atoms with Crippen LogP contribution in [-0.4, -0.2) is 41.2 Å². The lowest BCUT2D eigenvalue weighted by Gasteiger charge is -2.26. The quantitative estimate of drug-likeness (QED) is 0.684. The summed E-state index contributed by atoms with van der Waals surface area (Å²) in [5.41, 5.74) is -0.256. The maximum atomic E-state index is 13.1. The molecular weight excluding hydrogens is 294 g/mol. The van der Waals surface area contributed by atoms with E-state index in [-0.39, 0.29) is 12.0 Å². The zero-order chi connectivity index (χ0) is 15.9. The summed E-state index contributed by atoms with van der Waals surface area (Å²) in [7, 11) is 1.23. The Morgan fingerprint density at radius 1 is 1.29 bits per heavy atom. The molecule has 1 N–H and O–H groups in total. The second-order valence-corrected chi connectivity index (χ2v) is 4.73. The first-order chi connectivity index (χ1) is 9.66. The molecule has 1 aliphatic rings. The van der Waals surface area contributed by atoms with Gasteiger partial charge in [0.05, 0.1) is 6.42 Å². The normalized spacial score (nSPS) is 17.2. The molecule has 0 aromatic heterocycles. The van der Waals surface area contributed by atoms with Crippen molar-refractivity contribution in [3.05, 3.63) is 34.9 Å². The number of nitrogens with zero attached hydrogens (tertiary/aromatic N) is 1. The smallest absolute Gasteiger partial charge is 0.336 e. The van der Waals surface area contributed by atoms with Crippen LogP contribution in [0.3, 0.4) is 0 Å². The molecule has 21 heavy (non-hydrogen) atoms. The summed E-state index contributed by atoms with van der Waals surface area (Å²) in [5, 5.41) is 9.40. The Labute approximate surface area is 117 Å². The Bertz CT molecular complexity index is 603. The lowest BCUT2D eigenvalue weighted by Crippen LogP contribution is -2.39. The number of amides is 2. The van der Waals surface area contributed by atoms with Gasteiger partial charge in [-0.05, 0) is 17.2 Å². The molecule has 1 heterocycles. The van der Waals surface area contributed by atoms with Crippen LogP contribution in [0.25, 0.3) is 0 Å². The minimum absolute atomic E-state index is 0.0567. The van der Waals surface area contributed by atoms with E-state index >= 15 is 0 Å². The fourth-order valence-electron chi connectivity index (χ4n) is 2.03. The van der Waals surface area contributed by atoms with Crippen LogP contribution >= 0.6 is 0 Å². The van der Waals surface area contributed by atoms with Gasteiger partial charge in [-0.1, -0.05) is 12.1 Å². The van der Waals surface area contributed by atoms with E-state index in [4.69, 9.17) is 0 Å². The van der Waals surface area contributed by atoms with Gasteiger partial charge < -0.3 is 5.11 Å². The molecule has 1 atom stereocenters. The molecule has 8 heteroatoms. The monoisotopic (exact) mass is 305 g/mol. The van der Waals surface area contributed by atoms with Crippen molar-refractivity contribution in [3.63, 3.8) is 0 Å². The van der Waals surface area contributed by atoms with Crippen molar-refractivity contribution in [2.24, 2.45) is 0 Å². The number of benzene rings is 1. The Balaban J connectivity index is 2.43. The maximum absolute atomic E-state index is 13.1. The number of hydrogen-bond acceptors (Lipinski definition) is 3. The van der Waals surface area contributed by atoms with Crippen LogP contribution < -0.4 is 0 Å². The summed E-state index contributed by atoms with van der Waals surface area (Å²) in [4.78, 5) is 24.2. The maximum Gasteiger partial charge on any atom is 0.336 e. The summed E-state index contributed by atoms with van der Waals surface area (Å²) in [5.74, 6) is -5.82. The largest absolute Gasteiger partial charge is 0.382 e. The van der Waals surface area contributed by atoms with Crippen LogP contribution in [0.1, 0.15) is 27.6 Å². The summed E-state index contributed by atoms with van der Waals surface area (Å²) < 4.78 is 50.8. The molecule has 0 spiro atoms. The Morgan fingerprint density at radius 2 is 1.90 bits per heavy atom. The number of halogens is 4. The molecule has 0 saturated carbocycles. The molecule has 0 fully saturated rings. The average Bonchev–Trinajstić information content (AvgIpc) is 2.43. The van der Waals surface area contributed by atoms with Crippen LogP contribution in [-0.2, 0) is 11.2 Å². The highest BCUT2D eigenvalue weighted by Gasteiger charge is 2.49. The predicted molar refractivity (Wildman–Crippen MR) is 63.2 cm³/mol. The Kier molecular flexibility index (Phi) is 3.75. The molecule has 0 radical (unpaired) electrons. The third-order valence-corrected chi connectivity index (χ3v) is 3.36. The minimum atomic E-state index is -4.63. The van der Waals surface area contributed by atoms with Crippen molar-refractivity contribution in [2.45, 2.75) is 24.9 Å². The van der Waals surface area contributed by atoms with Crippen molar-refractivity contribution in [3.8, 4) is 0 Å². The molecule has 2 amide bonds. The number of aliphatic hydroxyl groups is 1. The van der Waals surface area contributed by atoms with Crippen LogP contribution in [0, 0.1) is 0 Å². The number of alkyl halides is 4. The van der Waals surface area contributed by atoms with Crippen LogP contribution in [0.15, 0.2) is 18.2 Å². The van der Waals surface area contributed by atoms with Crippen molar-refractivity contribution >= 4 is 11.8 Å². The zero-order valence-electron chi connectivity index (χ0n) is 10.8. The van der Waals surface area contributed by atoms with Crippen molar-refractivity contribution in [1.82, 2.24) is 4.90 Å². The van der Waals surface area contributed by atoms with Gasteiger partial charge in [-0.2, -0.15) is 8.78 Å². The minimum Gasteiger partial charge on any atom is -0.382 e. The number of aliphatic hydroxyl groups excluding tert-OH is 1. The van der Waals surface area contributed by atoms with Gasteiger partial charge in [0, 0.05) is 12.6 Å². The van der Waals surface area contributed by atoms with Gasteiger partial charge >= 0.3 is 12.3 Å². The number of hydrogen-bond donors (Lipinski definition) is 1. The van der Waals surface area contributed by atoms with Gasteiger partial charge in [-0.25, -0.2) is 8.78 Å². The SMILES string of the molecule is CN1C(=O)Cc2ccc(C(O)C(F)(F)C(F)F)cc2C1=O. The van der Waals surface area contributed by atoms with E-state index in [1.807, 2.05) is 0 Å². The summed E-state index contributed by atoms with van der Waals surface area (Å²) in [6.45, 7) is 0. The van der Waals surface area contributed by atoms with Gasteiger partial charge in [0.15, 0.2) is 0 Å². The van der Waals surface area contributed by atoms with Gasteiger partial charge in [-0.3, -0.25) is 14.5 Å². The highest BCUT2D eigenvalue weighted by atomic mass is 19.3. The molecule has 0 aliphatic carbocycles. The fraction of sp³-hybridized carbons (Fsp3) is 0.385. The topological polar surface area (TPSA) is 57.6 Å². The van der Waals surface area contributed by atoms with E-state index in [0.29, 0.717) is 5.56 Å². The van der Waals surface area contributed by atoms with Crippen molar-refractivity contribution < 1.29 is 32.3 Å². The van der Waals surface area contributed by atoms with Crippen molar-refractivity contribution in [1.29, 1.82) is 0 Å². The van der Waals surface area contributed by atoms with E-state index in [2.05, 4.69) is 0 Å². The summed E-state index contributed by atoms with van der Waals surface area (Å²) in [6.07, 6.45) is -6.87. The number of carbonyl (C=O) groups is 2. The van der Waals surface area contributed by atoms with Crippen LogP contribution in [0.5, 0.6) is 0 Å². The molecule has 1 unspecified atom stereocenters. The number of carbonyl (C=O) groups excluding carboxylic acids is 2. The van der Waals surface area contributed by atoms with Gasteiger partial charge in [-0.15, -0.1) is 0 Å². The number of imide groups is 1. The summed E-state index contributed by atoms with van der Waals surface area (Å²) in [6, 6.07) is 3.13. The van der Waals surface area contributed by atoms with Gasteiger partial charge in [0.2, 0.25) is 5.91 Å². The fourth-order valence-corrected chi connectivity index (χ4v) is 2.03. The van der Waals surface area contributed by atoms with Crippen LogP contribution in [0.2, 0.25) is 0 Å². The molecule has 2 rings (SSSR count). The molecule has 0 saturated heterocycles. The number of fused-ring (bicyclic) bond motifs is 1. The summed E-state index contributed by atoms with van der Waals surface area (Å²) >= 11 is 0. The first kappa shape index (κ1) is 15.4. The number of likely N-dealkylation sites (N-methyl/N-ethyl adjacent to an activating group) is 1. The van der Waals surface area contributed by atoms with E-state index in [1.54, 1.807) is 0 Å². The predicted octanol–water partition coefficient (Wildman–Crippen LogP) is 1.78. The van der Waals surface area contributed by atoms with E-state index in [9.17, 15) is 32.3 Å². The van der Waals surface area contributed by atoms with E-state index in [1.165, 1.54) is 13.1 Å². The first-order valence-corrected chi connectivity index (χ1v) is 5.94. The standard InChI is InChI=1S/C13H11F4NO3/c1-18-9(19)5-6-2-3-7(4-8(6)11(18)21)10(20)13(16,17)12(14)15/h2-4,10,12,20H,5H2,1H3.